The number of alkyl halides is 3. The number of halogens is 3. The second kappa shape index (κ2) is 36.1. The molecule has 0 aromatic heterocycles. The average molecular weight is 1670 g/mol. The maximum absolute atomic E-state index is 17.4. The summed E-state index contributed by atoms with van der Waals surface area (Å²) in [6.07, 6.45) is -8.82. The van der Waals surface area contributed by atoms with Gasteiger partial charge in [0.1, 0.15) is 55.0 Å². The highest BCUT2D eigenvalue weighted by Crippen LogP contribution is 2.74. The third-order valence-electron chi connectivity index (χ3n) is 27.7. The molecule has 36 heteroatoms. The molecule has 0 bridgehead atoms. The first-order valence-electron chi connectivity index (χ1n) is 40.4. The van der Waals surface area contributed by atoms with Crippen LogP contribution in [0.2, 0.25) is 0 Å². The number of ether oxygens (including phenoxy) is 9. The molecule has 3 saturated heterocycles. The largest absolute Gasteiger partial charge is 0.458 e. The molecule has 0 radical (unpaired) electrons. The lowest BCUT2D eigenvalue weighted by Crippen LogP contribution is -2.71. The summed E-state index contributed by atoms with van der Waals surface area (Å²) in [5.74, 6) is -8.05. The van der Waals surface area contributed by atoms with Crippen molar-refractivity contribution in [1.82, 2.24) is 10.6 Å². The van der Waals surface area contributed by atoms with E-state index in [2.05, 4.69) is 10.6 Å². The zero-order chi connectivity index (χ0) is 87.4. The Hall–Kier alpha value is -5.53. The molecule has 0 aromatic rings. The monoisotopic (exact) mass is 1670 g/mol. The lowest BCUT2D eigenvalue weighted by Gasteiger charge is -2.63. The molecule has 0 spiro atoms. The first-order valence-corrected chi connectivity index (χ1v) is 40.4. The van der Waals surface area contributed by atoms with Crippen molar-refractivity contribution in [2.24, 2.45) is 73.9 Å². The van der Waals surface area contributed by atoms with Gasteiger partial charge in [-0.3, -0.25) is 38.4 Å². The molecule has 19 N–H and O–H groups in total. The van der Waals surface area contributed by atoms with E-state index in [4.69, 9.17) is 70.0 Å². The van der Waals surface area contributed by atoms with Crippen molar-refractivity contribution in [2.75, 3.05) is 53.2 Å². The Kier molecular flexibility index (Phi) is 29.4. The van der Waals surface area contributed by atoms with Gasteiger partial charge in [0.2, 0.25) is 17.5 Å². The van der Waals surface area contributed by atoms with E-state index in [-0.39, 0.29) is 82.0 Å². The van der Waals surface area contributed by atoms with Gasteiger partial charge in [-0.2, -0.15) is 0 Å². The second-order valence-electron chi connectivity index (χ2n) is 35.6. The number of carbonyl (C=O) groups excluding carboxylic acids is 8. The lowest BCUT2D eigenvalue weighted by atomic mass is 9.44. The van der Waals surface area contributed by atoms with Gasteiger partial charge in [0.05, 0.1) is 56.3 Å². The van der Waals surface area contributed by atoms with Crippen molar-refractivity contribution < 1.29 is 150 Å². The molecular weight excluding hydrogens is 1550 g/mol. The van der Waals surface area contributed by atoms with E-state index in [9.17, 15) is 84.3 Å². The van der Waals surface area contributed by atoms with Crippen LogP contribution in [-0.4, -0.2) is 301 Å². The molecule has 3 aliphatic heterocycles. The summed E-state index contributed by atoms with van der Waals surface area (Å²) in [5.41, 5.74) is 5.62. The number of allylic oxidation sites excluding steroid dienone is 8. The molecule has 1 amide bonds. The van der Waals surface area contributed by atoms with Crippen molar-refractivity contribution in [3.63, 3.8) is 0 Å². The minimum absolute atomic E-state index is 0.000230. The number of Topliss-reactive ketones (excluding diaryl/α,β-unsaturated/α-hetero) is 2. The Bertz CT molecular complexity index is 3780. The van der Waals surface area contributed by atoms with E-state index < -0.39 is 256 Å². The number of hydrogen-bond donors (Lipinski definition) is 16. The summed E-state index contributed by atoms with van der Waals surface area (Å²) in [7, 11) is 1.57. The van der Waals surface area contributed by atoms with E-state index in [1.807, 2.05) is 6.92 Å². The van der Waals surface area contributed by atoms with E-state index in [1.165, 1.54) is 38.2 Å². The number of nitrogens with two attached hydrogens (primary N) is 3. The molecule has 16 unspecified atom stereocenters. The van der Waals surface area contributed by atoms with Crippen molar-refractivity contribution in [1.29, 1.82) is 0 Å². The fourth-order valence-electron chi connectivity index (χ4n) is 21.4. The molecule has 32 atom stereocenters. The minimum Gasteiger partial charge on any atom is -0.458 e. The number of hydrogen-bond acceptors (Lipinski definition) is 32. The van der Waals surface area contributed by atoms with Crippen molar-refractivity contribution in [3.8, 4) is 0 Å². The highest BCUT2D eigenvalue weighted by Gasteiger charge is 2.82. The highest BCUT2D eigenvalue weighted by atomic mass is 19.2. The number of nitrogens with one attached hydrogen (secondary N) is 2. The van der Waals surface area contributed by atoms with E-state index >= 15 is 13.2 Å². The Labute approximate surface area is 678 Å². The smallest absolute Gasteiger partial charge is 0.306 e. The van der Waals surface area contributed by atoms with E-state index in [0.717, 1.165) is 6.08 Å². The molecule has 12 aliphatic rings. The van der Waals surface area contributed by atoms with Crippen LogP contribution in [0.4, 0.5) is 13.2 Å². The number of aliphatic hydroxyl groups is 11. The molecule has 9 aliphatic carbocycles. The lowest BCUT2D eigenvalue weighted by molar-refractivity contribution is -0.311. The highest BCUT2D eigenvalue weighted by molar-refractivity contribution is 6.02. The zero-order valence-corrected chi connectivity index (χ0v) is 68.8. The van der Waals surface area contributed by atoms with E-state index in [0.29, 0.717) is 37.8 Å². The number of ketones is 4. The van der Waals surface area contributed by atoms with Gasteiger partial charge < -0.3 is 127 Å². The number of fused-ring (bicyclic) bond motifs is 12. The predicted octanol–water partition coefficient (Wildman–Crippen LogP) is -0.772. The predicted molar refractivity (Wildman–Crippen MR) is 405 cm³/mol. The minimum atomic E-state index is -2.27. The Balaban J connectivity index is 0.000000185. The summed E-state index contributed by atoms with van der Waals surface area (Å²) in [6.45, 7) is 17.9. The van der Waals surface area contributed by atoms with Crippen LogP contribution in [0.25, 0.3) is 0 Å². The second-order valence-corrected chi connectivity index (χ2v) is 35.6. The van der Waals surface area contributed by atoms with Crippen LogP contribution in [0, 0.1) is 56.7 Å². The fraction of sp³-hybridized carbons (Fsp3) is 0.802. The third kappa shape index (κ3) is 16.8. The summed E-state index contributed by atoms with van der Waals surface area (Å²) >= 11 is 0. The molecule has 12 rings (SSSR count). The molecular formula is C81H124F3N5O28. The first kappa shape index (κ1) is 95.3. The van der Waals surface area contributed by atoms with Crippen LogP contribution in [0.3, 0.4) is 0 Å². The summed E-state index contributed by atoms with van der Waals surface area (Å²) < 4.78 is 101. The third-order valence-corrected chi connectivity index (χ3v) is 27.7. The normalized spacial score (nSPS) is 44.1. The molecule has 3 heterocycles. The number of amides is 1. The molecule has 10 fully saturated rings. The molecule has 117 heavy (non-hydrogen) atoms. The standard InChI is InChI=1S/C28H37FO7.C26H32F2O7.C18H36N4O10.C9H19NO4/c1-6-23(33)35-15-22(32)28(36-24(34)7-2)16(3)12-20-19-9-8-17-13-18(30)10-11-25(17,4)27(19,29)21(31)14-26(20,28)5;1-13(29)33-12-20(32)26-21(34-22(2,3)35-26)10-15-16-9-18(27)17-8-14(30)6-7-23(17,4)25(16,28)19(31)11-24(15,26)5;1-22-10-7(24)4-29-18(13(10)27)32-16-6(20)2-5(19)15(14(16)28)31-17-9(21)12(26)11(25)8(3-23)30-17;1-9(2,6-12)7(13)8(14)10-4-3-5-11/h10-11,13,16,19-21,31H,6-9,12,14-15H2,1-5H3;6-8,15-16,18-19,21,31H,9-12H2,1-5H3;5-18,22-28H,2-4,19-21H2,1H3;7,11-13H,3-6H2,1-2H3,(H,10,14)/t16-,19-,20-,21-,25-,26-,27?,28-;15-,16-,18-,19-,21-,23-,24-,25?,26+;;7-/m00.0/s1. The van der Waals surface area contributed by atoms with Crippen molar-refractivity contribution in [2.45, 2.75) is 298 Å². The molecule has 0 aromatic carbocycles. The van der Waals surface area contributed by atoms with E-state index in [1.54, 1.807) is 75.4 Å². The summed E-state index contributed by atoms with van der Waals surface area (Å²) in [6, 6.07) is -3.37. The maximum atomic E-state index is 17.4. The van der Waals surface area contributed by atoms with Crippen LogP contribution in [0.1, 0.15) is 154 Å². The first-order chi connectivity index (χ1) is 54.5. The van der Waals surface area contributed by atoms with Crippen molar-refractivity contribution >= 4 is 46.9 Å². The van der Waals surface area contributed by atoms with Gasteiger partial charge in [-0.25, -0.2) is 13.2 Å². The maximum Gasteiger partial charge on any atom is 0.306 e. The zero-order valence-electron chi connectivity index (χ0n) is 68.8. The van der Waals surface area contributed by atoms with Crippen LogP contribution < -0.4 is 27.8 Å². The van der Waals surface area contributed by atoms with Crippen LogP contribution in [-0.2, 0) is 81.0 Å². The summed E-state index contributed by atoms with van der Waals surface area (Å²) in [5, 5.41) is 116. The van der Waals surface area contributed by atoms with Crippen LogP contribution >= 0.6 is 0 Å². The number of aliphatic hydroxyl groups excluding tert-OH is 11. The van der Waals surface area contributed by atoms with Crippen molar-refractivity contribution in [3.05, 3.63) is 47.6 Å². The van der Waals surface area contributed by atoms with Gasteiger partial charge in [0.15, 0.2) is 65.7 Å². The van der Waals surface area contributed by atoms with Crippen LogP contribution in [0.5, 0.6) is 0 Å². The van der Waals surface area contributed by atoms with Gasteiger partial charge >= 0.3 is 17.9 Å². The molecule has 662 valence electrons. The van der Waals surface area contributed by atoms with Gasteiger partial charge in [-0.15, -0.1) is 0 Å². The van der Waals surface area contributed by atoms with Crippen LogP contribution in [0.15, 0.2) is 47.6 Å². The Morgan fingerprint density at radius 2 is 1.28 bits per heavy atom. The molecule has 7 saturated carbocycles. The Morgan fingerprint density at radius 3 is 1.86 bits per heavy atom. The number of likely N-dealkylation sites (N-methyl/N-ethyl adjacent to an activating group) is 1. The number of carbonyl (C=O) groups is 8. The van der Waals surface area contributed by atoms with Gasteiger partial charge in [0.25, 0.3) is 0 Å². The summed E-state index contributed by atoms with van der Waals surface area (Å²) in [4.78, 5) is 98.7. The Morgan fingerprint density at radius 1 is 0.709 bits per heavy atom. The van der Waals surface area contributed by atoms with Gasteiger partial charge in [-0.1, -0.05) is 66.2 Å². The van der Waals surface area contributed by atoms with Gasteiger partial charge in [-0.05, 0) is 134 Å². The number of esters is 3. The number of rotatable bonds is 21. The SMILES string of the molecule is CC(=O)OCC(=O)[C@@]12OC(C)(C)O[C@H]1C[C@H]1[C@@H]3C[C@H](F)C4=CC(=O)C=C[C@]4(C)C3(F)[C@@H](O)C[C@@]12C.CC(C)(CO)[C@@H](O)C(=O)NCCCO.CCC(=O)OCC(=O)[C@@]1(OC(=O)CC)[C@@H](C)C[C@H]2[C@@H]3CCC4=CC(=O)C=C[C@]4(C)C3(F)[C@@H](O)C[C@@]21C.CNC1C(O)COC(OC2C(N)CC(N)C(OC3OC(CO)C(O)C(O)C3N)C2O)C1O. The van der Waals surface area contributed by atoms with Gasteiger partial charge in [0, 0.05) is 89.8 Å². The quantitative estimate of drug-likeness (QED) is 0.0381. The molecule has 33 nitrogen and oxygen atoms in total. The topological polar surface area (TPSA) is 544 Å². The fourth-order valence-corrected chi connectivity index (χ4v) is 21.4. The average Bonchev–Trinajstić information content (AvgIpc) is 1.55.